The number of carbonyl (C=O) groups excluding carboxylic acids is 1. The average Bonchev–Trinajstić information content (AvgIpc) is 2.76. The number of carbonyl (C=O) groups is 1. The molecule has 1 aliphatic heterocycles. The van der Waals surface area contributed by atoms with Gasteiger partial charge in [-0.05, 0) is 30.7 Å². The highest BCUT2D eigenvalue weighted by Gasteiger charge is 2.34. The van der Waals surface area contributed by atoms with Gasteiger partial charge in [0.05, 0.1) is 23.4 Å². The molecule has 1 aliphatic carbocycles. The Morgan fingerprint density at radius 3 is 2.55 bits per heavy atom. The molecule has 2 heterocycles. The van der Waals surface area contributed by atoms with Crippen LogP contribution in [0.4, 0.5) is 23.9 Å². The summed E-state index contributed by atoms with van der Waals surface area (Å²) in [7, 11) is 1.30. The number of hydrogen-bond acceptors (Lipinski definition) is 6. The number of rotatable bonds is 5. The molecule has 8 nitrogen and oxygen atoms in total. The summed E-state index contributed by atoms with van der Waals surface area (Å²) in [6, 6.07) is 4.69. The van der Waals surface area contributed by atoms with Gasteiger partial charge in [0.1, 0.15) is 12.7 Å². The van der Waals surface area contributed by atoms with Crippen LogP contribution in [0.1, 0.15) is 35.7 Å². The number of fused-ring (bicyclic) bond motifs is 1. The molecular formula is C22H23F3N4O4. The van der Waals surface area contributed by atoms with E-state index in [1.165, 1.54) is 24.1 Å². The highest BCUT2D eigenvalue weighted by Crippen LogP contribution is 2.30. The number of hydrogen-bond donors (Lipinski definition) is 1. The van der Waals surface area contributed by atoms with Crippen molar-refractivity contribution in [3.63, 3.8) is 0 Å². The van der Waals surface area contributed by atoms with Crippen LogP contribution in [-0.4, -0.2) is 40.0 Å². The lowest BCUT2D eigenvalue weighted by Crippen LogP contribution is -2.45. The number of alkyl halides is 3. The molecule has 1 amide bonds. The summed E-state index contributed by atoms with van der Waals surface area (Å²) in [5, 5.41) is 2.94. The highest BCUT2D eigenvalue weighted by molar-refractivity contribution is 5.69. The molecule has 1 atom stereocenters. The smallest absolute Gasteiger partial charge is 0.416 e. The molecule has 176 valence electrons. The van der Waals surface area contributed by atoms with E-state index in [9.17, 15) is 22.8 Å². The predicted molar refractivity (Wildman–Crippen MR) is 113 cm³/mol. The summed E-state index contributed by atoms with van der Waals surface area (Å²) in [5.74, 6) is 0.129. The molecule has 2 aromatic rings. The molecule has 0 fully saturated rings. The third-order valence-electron chi connectivity index (χ3n) is 5.68. The minimum atomic E-state index is -4.41. The minimum Gasteiger partial charge on any atom is -0.439 e. The maximum Gasteiger partial charge on any atom is 0.416 e. The van der Waals surface area contributed by atoms with Crippen LogP contribution < -0.4 is 15.7 Å². The van der Waals surface area contributed by atoms with Crippen molar-refractivity contribution in [3.05, 3.63) is 69.2 Å². The number of amides is 1. The van der Waals surface area contributed by atoms with Crippen LogP contribution >= 0.6 is 0 Å². The van der Waals surface area contributed by atoms with Gasteiger partial charge < -0.3 is 19.8 Å². The number of anilines is 1. The lowest BCUT2D eigenvalue weighted by molar-refractivity contribution is -0.137. The van der Waals surface area contributed by atoms with Crippen LogP contribution in [-0.2, 0) is 30.4 Å². The van der Waals surface area contributed by atoms with Crippen LogP contribution in [0.3, 0.4) is 0 Å². The summed E-state index contributed by atoms with van der Waals surface area (Å²) in [5.41, 5.74) is -0.391. The van der Waals surface area contributed by atoms with Crippen molar-refractivity contribution >= 4 is 12.0 Å². The largest absolute Gasteiger partial charge is 0.439 e. The van der Waals surface area contributed by atoms with Crippen LogP contribution in [0, 0.1) is 0 Å². The maximum absolute atomic E-state index is 13.0. The van der Waals surface area contributed by atoms with Crippen LogP contribution in [0.2, 0.25) is 0 Å². The van der Waals surface area contributed by atoms with Gasteiger partial charge in [0.15, 0.2) is 0 Å². The SMILES string of the molecule is COn1c(NCc2ccc(C(F)(F)F)cc2)nc2c(c1=O)CN(C(=O)OC1(C)C=CC1)CC2. The third kappa shape index (κ3) is 4.67. The van der Waals surface area contributed by atoms with Gasteiger partial charge in [-0.2, -0.15) is 13.2 Å². The van der Waals surface area contributed by atoms with Gasteiger partial charge in [-0.25, -0.2) is 9.78 Å². The van der Waals surface area contributed by atoms with Crippen molar-refractivity contribution in [2.45, 2.75) is 44.6 Å². The zero-order valence-electron chi connectivity index (χ0n) is 18.1. The van der Waals surface area contributed by atoms with Crippen molar-refractivity contribution in [1.82, 2.24) is 14.6 Å². The first-order chi connectivity index (χ1) is 15.6. The number of ether oxygens (including phenoxy) is 1. The fourth-order valence-corrected chi connectivity index (χ4v) is 3.68. The molecule has 1 N–H and O–H groups in total. The van der Waals surface area contributed by atoms with Gasteiger partial charge in [0.25, 0.3) is 5.56 Å². The molecule has 33 heavy (non-hydrogen) atoms. The van der Waals surface area contributed by atoms with E-state index in [4.69, 9.17) is 9.57 Å². The van der Waals surface area contributed by atoms with Crippen molar-refractivity contribution < 1.29 is 27.5 Å². The topological polar surface area (TPSA) is 85.7 Å². The molecule has 0 bridgehead atoms. The van der Waals surface area contributed by atoms with E-state index in [1.54, 1.807) is 0 Å². The lowest BCUT2D eigenvalue weighted by Gasteiger charge is -2.35. The fraction of sp³-hybridized carbons (Fsp3) is 0.409. The van der Waals surface area contributed by atoms with Gasteiger partial charge in [0.2, 0.25) is 5.95 Å². The first kappa shape index (κ1) is 22.7. The second-order valence-corrected chi connectivity index (χ2v) is 8.15. The van der Waals surface area contributed by atoms with Gasteiger partial charge in [-0.1, -0.05) is 18.2 Å². The molecule has 1 unspecified atom stereocenters. The Morgan fingerprint density at radius 2 is 1.97 bits per heavy atom. The Kier molecular flexibility index (Phi) is 5.81. The number of nitrogens with zero attached hydrogens (tertiary/aromatic N) is 3. The first-order valence-corrected chi connectivity index (χ1v) is 10.3. The Morgan fingerprint density at radius 1 is 1.27 bits per heavy atom. The number of halogens is 3. The van der Waals surface area contributed by atoms with E-state index in [2.05, 4.69) is 10.3 Å². The molecule has 2 aliphatic rings. The highest BCUT2D eigenvalue weighted by atomic mass is 19.4. The molecular weight excluding hydrogens is 441 g/mol. The molecule has 1 aromatic heterocycles. The second-order valence-electron chi connectivity index (χ2n) is 8.15. The predicted octanol–water partition coefficient (Wildman–Crippen LogP) is 3.15. The Balaban J connectivity index is 1.49. The molecule has 0 spiro atoms. The van der Waals surface area contributed by atoms with E-state index in [0.29, 0.717) is 36.2 Å². The number of nitrogens with one attached hydrogen (secondary N) is 1. The lowest BCUT2D eigenvalue weighted by atomic mass is 9.92. The average molecular weight is 464 g/mol. The quantitative estimate of drug-likeness (QED) is 0.685. The van der Waals surface area contributed by atoms with E-state index in [0.717, 1.165) is 16.9 Å². The summed E-state index contributed by atoms with van der Waals surface area (Å²) in [4.78, 5) is 36.6. The summed E-state index contributed by atoms with van der Waals surface area (Å²) in [6.45, 7) is 2.34. The van der Waals surface area contributed by atoms with Gasteiger partial charge >= 0.3 is 12.3 Å². The maximum atomic E-state index is 13.0. The second kappa shape index (κ2) is 8.45. The van der Waals surface area contributed by atoms with E-state index < -0.39 is 29.0 Å². The standard InChI is InChI=1S/C22H23F3N4O4/c1-21(9-3-10-21)33-20(31)28-11-8-17-16(13-28)18(30)29(32-2)19(27-17)26-12-14-4-6-15(7-5-14)22(23,24)25/h3-7,9H,8,10-13H2,1-2H3,(H,26,27). The number of benzene rings is 1. The van der Waals surface area contributed by atoms with Crippen molar-refractivity contribution in [2.24, 2.45) is 0 Å². The van der Waals surface area contributed by atoms with Crippen molar-refractivity contribution in [1.29, 1.82) is 0 Å². The monoisotopic (exact) mass is 464 g/mol. The van der Waals surface area contributed by atoms with Crippen molar-refractivity contribution in [3.8, 4) is 0 Å². The zero-order chi connectivity index (χ0) is 23.8. The van der Waals surface area contributed by atoms with Crippen LogP contribution in [0.15, 0.2) is 41.2 Å². The van der Waals surface area contributed by atoms with Gasteiger partial charge in [-0.3, -0.25) is 4.79 Å². The molecule has 0 radical (unpaired) electrons. The minimum absolute atomic E-state index is 0.0440. The first-order valence-electron chi connectivity index (χ1n) is 10.3. The van der Waals surface area contributed by atoms with E-state index in [-0.39, 0.29) is 19.0 Å². The summed E-state index contributed by atoms with van der Waals surface area (Å²) in [6.07, 6.45) is -0.174. The zero-order valence-corrected chi connectivity index (χ0v) is 18.1. The fourth-order valence-electron chi connectivity index (χ4n) is 3.68. The molecule has 11 heteroatoms. The van der Waals surface area contributed by atoms with Gasteiger partial charge in [0, 0.05) is 25.9 Å². The summed E-state index contributed by atoms with van der Waals surface area (Å²) < 4.78 is 44.7. The van der Waals surface area contributed by atoms with Gasteiger partial charge in [-0.15, -0.1) is 4.73 Å². The number of aromatic nitrogens is 2. The molecule has 0 saturated carbocycles. The molecule has 1 aromatic carbocycles. The Bertz CT molecular complexity index is 1140. The third-order valence-corrected chi connectivity index (χ3v) is 5.68. The van der Waals surface area contributed by atoms with Crippen LogP contribution in [0.5, 0.6) is 0 Å². The molecule has 4 rings (SSSR count). The van der Waals surface area contributed by atoms with Crippen molar-refractivity contribution in [2.75, 3.05) is 19.0 Å². The Labute approximate surface area is 187 Å². The molecule has 0 saturated heterocycles. The van der Waals surface area contributed by atoms with E-state index >= 15 is 0 Å². The Hall–Kier alpha value is -3.50. The van der Waals surface area contributed by atoms with Crippen LogP contribution in [0.25, 0.3) is 0 Å². The van der Waals surface area contributed by atoms with E-state index in [1.807, 2.05) is 19.1 Å². The summed E-state index contributed by atoms with van der Waals surface area (Å²) >= 11 is 0. The normalized spacial score (nSPS) is 19.5.